The lowest BCUT2D eigenvalue weighted by molar-refractivity contribution is -0.116. The summed E-state index contributed by atoms with van der Waals surface area (Å²) in [6.07, 6.45) is 0.651. The van der Waals surface area contributed by atoms with Gasteiger partial charge in [-0.3, -0.25) is 28.7 Å². The van der Waals surface area contributed by atoms with Crippen LogP contribution in [0.3, 0.4) is 0 Å². The molecule has 0 aliphatic carbocycles. The first-order chi connectivity index (χ1) is 25.8. The van der Waals surface area contributed by atoms with Crippen molar-refractivity contribution in [3.05, 3.63) is 108 Å². The zero-order valence-corrected chi connectivity index (χ0v) is 31.2. The SMILES string of the molecule is COc1ccc(NC(=O)Cc2ccc(N)cc2)cc1.COc1ccc(NC(=O)Cc2ccc(NC3=NCCN3)cc2)cc1.ClC1=NCCN1.O=S(=O)(O)O. The topological polar surface area (TPSA) is 238 Å². The summed E-state index contributed by atoms with van der Waals surface area (Å²) in [5, 5.41) is 15.4. The lowest BCUT2D eigenvalue weighted by Gasteiger charge is -2.08. The molecule has 0 radical (unpaired) electrons. The van der Waals surface area contributed by atoms with Crippen molar-refractivity contribution in [3.63, 3.8) is 0 Å². The first kappa shape index (κ1) is 42.5. The second-order valence-electron chi connectivity index (χ2n) is 11.2. The summed E-state index contributed by atoms with van der Waals surface area (Å²) in [5.41, 5.74) is 10.6. The fourth-order valence-electron chi connectivity index (χ4n) is 4.46. The van der Waals surface area contributed by atoms with E-state index in [0.717, 1.165) is 71.8 Å². The standard InChI is InChI=1S/C18H20N4O2.C15H16N2O2.C3H5ClN2.H2O4S/c1-24-16-8-6-14(7-9-16)21-17(23)12-13-2-4-15(5-3-13)22-18-19-10-11-20-18;1-19-14-8-6-13(7-9-14)17-15(18)10-11-2-4-12(16)5-3-11;4-3-5-1-2-6-3;1-5(2,3)4/h2-9H,10-12H2,1H3,(H,21,23)(H2,19,20,22);2-9H,10,16H2,1H3,(H,17,18);1-2H2,(H,5,6);(H2,1,2,3,4). The molecule has 2 aliphatic rings. The van der Waals surface area contributed by atoms with Crippen LogP contribution in [0.4, 0.5) is 22.7 Å². The molecule has 0 unspecified atom stereocenters. The predicted molar refractivity (Wildman–Crippen MR) is 212 cm³/mol. The van der Waals surface area contributed by atoms with E-state index in [-0.39, 0.29) is 11.8 Å². The highest BCUT2D eigenvalue weighted by atomic mass is 35.5. The van der Waals surface area contributed by atoms with Crippen LogP contribution in [0, 0.1) is 0 Å². The molecule has 9 N–H and O–H groups in total. The number of ether oxygens (including phenoxy) is 2. The van der Waals surface area contributed by atoms with E-state index in [1.54, 1.807) is 50.6 Å². The van der Waals surface area contributed by atoms with E-state index in [1.165, 1.54) is 0 Å². The van der Waals surface area contributed by atoms with Gasteiger partial charge in [0, 0.05) is 35.8 Å². The minimum absolute atomic E-state index is 0.0530. The maximum Gasteiger partial charge on any atom is 0.394 e. The van der Waals surface area contributed by atoms with Crippen LogP contribution in [0.2, 0.25) is 0 Å². The first-order valence-electron chi connectivity index (χ1n) is 16.3. The Labute approximate surface area is 318 Å². The number of methoxy groups -OCH3 is 2. The highest BCUT2D eigenvalue weighted by molar-refractivity contribution is 7.79. The van der Waals surface area contributed by atoms with Crippen LogP contribution in [0.15, 0.2) is 107 Å². The number of benzene rings is 4. The van der Waals surface area contributed by atoms with Crippen molar-refractivity contribution in [1.29, 1.82) is 0 Å². The van der Waals surface area contributed by atoms with Crippen LogP contribution < -0.4 is 41.8 Å². The number of halogens is 1. The number of hydrogen-bond acceptors (Lipinski definition) is 12. The Kier molecular flexibility index (Phi) is 17.5. The third kappa shape index (κ3) is 18.1. The number of guanidine groups is 1. The van der Waals surface area contributed by atoms with Gasteiger partial charge in [-0.25, -0.2) is 0 Å². The number of amidine groups is 1. The molecule has 0 aromatic heterocycles. The van der Waals surface area contributed by atoms with E-state index in [4.69, 9.17) is 44.3 Å². The number of amides is 2. The Bertz CT molecular complexity index is 1940. The molecular weight excluding hydrogens is 740 g/mol. The Morgan fingerprint density at radius 2 is 1.11 bits per heavy atom. The highest BCUT2D eigenvalue weighted by Gasteiger charge is 2.08. The maximum atomic E-state index is 12.1. The van der Waals surface area contributed by atoms with Crippen LogP contribution in [0.25, 0.3) is 0 Å². The Hall–Kier alpha value is -5.88. The normalized spacial score (nSPS) is 12.5. The number of nitrogen functional groups attached to an aromatic ring is 1. The molecule has 54 heavy (non-hydrogen) atoms. The Morgan fingerprint density at radius 1 is 0.704 bits per heavy atom. The number of hydrogen-bond donors (Lipinski definition) is 8. The van der Waals surface area contributed by atoms with Gasteiger partial charge in [-0.15, -0.1) is 0 Å². The van der Waals surface area contributed by atoms with Crippen molar-refractivity contribution in [2.24, 2.45) is 9.98 Å². The number of anilines is 4. The zero-order valence-electron chi connectivity index (χ0n) is 29.6. The average Bonchev–Trinajstić information content (AvgIpc) is 3.85. The number of aliphatic imine (C=N–C) groups is 2. The maximum absolute atomic E-state index is 12.1. The molecule has 0 fully saturated rings. The molecule has 4 aromatic carbocycles. The molecule has 0 spiro atoms. The minimum atomic E-state index is -4.67. The minimum Gasteiger partial charge on any atom is -0.497 e. The van der Waals surface area contributed by atoms with Gasteiger partial charge in [0.15, 0.2) is 11.3 Å². The van der Waals surface area contributed by atoms with Crippen molar-refractivity contribution < 1.29 is 36.6 Å². The van der Waals surface area contributed by atoms with E-state index >= 15 is 0 Å². The average molecular weight is 783 g/mol. The molecule has 0 atom stereocenters. The third-order valence-corrected chi connectivity index (χ3v) is 7.23. The van der Waals surface area contributed by atoms with E-state index < -0.39 is 10.4 Å². The van der Waals surface area contributed by atoms with Gasteiger partial charge in [0.25, 0.3) is 0 Å². The second kappa shape index (κ2) is 22.2. The van der Waals surface area contributed by atoms with Gasteiger partial charge in [0.05, 0.1) is 40.2 Å². The van der Waals surface area contributed by atoms with Crippen LogP contribution in [0.1, 0.15) is 11.1 Å². The van der Waals surface area contributed by atoms with Gasteiger partial charge in [0.1, 0.15) is 11.5 Å². The number of rotatable bonds is 9. The molecule has 2 heterocycles. The summed E-state index contributed by atoms with van der Waals surface area (Å²) >= 11 is 5.35. The molecule has 18 heteroatoms. The van der Waals surface area contributed by atoms with Gasteiger partial charge in [0.2, 0.25) is 11.8 Å². The summed E-state index contributed by atoms with van der Waals surface area (Å²) in [6, 6.07) is 29.5. The summed E-state index contributed by atoms with van der Waals surface area (Å²) in [4.78, 5) is 32.0. The van der Waals surface area contributed by atoms with Gasteiger partial charge in [-0.1, -0.05) is 24.3 Å². The number of carbonyl (C=O) groups is 2. The summed E-state index contributed by atoms with van der Waals surface area (Å²) in [6.45, 7) is 3.40. The molecule has 2 amide bonds. The lowest BCUT2D eigenvalue weighted by atomic mass is 10.1. The van der Waals surface area contributed by atoms with E-state index in [0.29, 0.717) is 23.8 Å². The van der Waals surface area contributed by atoms with Gasteiger partial charge in [-0.05, 0) is 95.5 Å². The van der Waals surface area contributed by atoms with Crippen LogP contribution in [-0.2, 0) is 32.8 Å². The van der Waals surface area contributed by atoms with Crippen molar-refractivity contribution >= 4 is 67.8 Å². The van der Waals surface area contributed by atoms with Crippen LogP contribution in [-0.4, -0.2) is 81.0 Å². The summed E-state index contributed by atoms with van der Waals surface area (Å²) in [7, 11) is -1.45. The van der Waals surface area contributed by atoms with Crippen LogP contribution >= 0.6 is 11.6 Å². The number of nitrogens with zero attached hydrogens (tertiary/aromatic N) is 2. The highest BCUT2D eigenvalue weighted by Crippen LogP contribution is 2.17. The monoisotopic (exact) mass is 782 g/mol. The van der Waals surface area contributed by atoms with Crippen LogP contribution in [0.5, 0.6) is 11.5 Å². The fraction of sp³-hybridized carbons (Fsp3) is 0.222. The Morgan fingerprint density at radius 3 is 1.46 bits per heavy atom. The molecule has 6 rings (SSSR count). The van der Waals surface area contributed by atoms with Crippen molar-refractivity contribution in [1.82, 2.24) is 10.6 Å². The quantitative estimate of drug-likeness (QED) is 0.0676. The van der Waals surface area contributed by atoms with Gasteiger partial charge < -0.3 is 41.8 Å². The van der Waals surface area contributed by atoms with Crippen molar-refractivity contribution in [2.45, 2.75) is 12.8 Å². The molecule has 4 aromatic rings. The molecule has 0 saturated carbocycles. The smallest absolute Gasteiger partial charge is 0.394 e. The molecule has 0 saturated heterocycles. The zero-order chi connectivity index (χ0) is 39.3. The molecule has 2 aliphatic heterocycles. The molecule has 288 valence electrons. The van der Waals surface area contributed by atoms with E-state index in [2.05, 4.69) is 36.6 Å². The largest absolute Gasteiger partial charge is 0.497 e. The second-order valence-corrected chi connectivity index (χ2v) is 12.4. The summed E-state index contributed by atoms with van der Waals surface area (Å²) in [5.74, 6) is 2.20. The van der Waals surface area contributed by atoms with Gasteiger partial charge >= 0.3 is 10.4 Å². The molecule has 0 bridgehead atoms. The van der Waals surface area contributed by atoms with E-state index in [1.807, 2.05) is 60.7 Å². The number of nitrogens with one attached hydrogen (secondary N) is 5. The molecule has 16 nitrogen and oxygen atoms in total. The van der Waals surface area contributed by atoms with Crippen molar-refractivity contribution in [2.75, 3.05) is 62.1 Å². The van der Waals surface area contributed by atoms with Crippen molar-refractivity contribution in [3.8, 4) is 11.5 Å². The van der Waals surface area contributed by atoms with Gasteiger partial charge in [-0.2, -0.15) is 8.42 Å². The first-order valence-corrected chi connectivity index (χ1v) is 18.1. The number of nitrogens with two attached hydrogens (primary N) is 1. The molecular formula is C36H43ClN8O8S. The fourth-order valence-corrected chi connectivity index (χ4v) is 4.64. The Balaban J connectivity index is 0.000000230. The lowest BCUT2D eigenvalue weighted by Crippen LogP contribution is -2.26. The summed E-state index contributed by atoms with van der Waals surface area (Å²) < 4.78 is 41.7. The number of carbonyl (C=O) groups excluding carboxylic acids is 2. The van der Waals surface area contributed by atoms with E-state index in [9.17, 15) is 9.59 Å². The predicted octanol–water partition coefficient (Wildman–Crippen LogP) is 4.24. The third-order valence-electron chi connectivity index (χ3n) is 6.98.